The normalized spacial score (nSPS) is 16.5. The second-order valence-electron chi connectivity index (χ2n) is 4.26. The fraction of sp³-hybridized carbons (Fsp3) is 1.00. The summed E-state index contributed by atoms with van der Waals surface area (Å²) in [6.45, 7) is 10.00. The maximum atomic E-state index is 5.75. The Labute approximate surface area is 77.7 Å². The third-order valence-corrected chi connectivity index (χ3v) is 2.87. The molecule has 0 spiro atoms. The van der Waals surface area contributed by atoms with E-state index in [1.807, 2.05) is 0 Å². The average molecular weight is 171 g/mol. The van der Waals surface area contributed by atoms with Crippen LogP contribution in [0.1, 0.15) is 47.0 Å². The van der Waals surface area contributed by atoms with Gasteiger partial charge in [-0.2, -0.15) is 0 Å². The van der Waals surface area contributed by atoms with Gasteiger partial charge in [0.25, 0.3) is 0 Å². The minimum absolute atomic E-state index is 0.719. The van der Waals surface area contributed by atoms with Crippen LogP contribution in [0.2, 0.25) is 0 Å². The van der Waals surface area contributed by atoms with Crippen molar-refractivity contribution < 1.29 is 0 Å². The third kappa shape index (κ3) is 4.10. The lowest BCUT2D eigenvalue weighted by atomic mass is 9.82. The van der Waals surface area contributed by atoms with Gasteiger partial charge in [0.15, 0.2) is 0 Å². The molecular formula is C11H25N. The summed E-state index contributed by atoms with van der Waals surface area (Å²) in [5, 5.41) is 0. The lowest BCUT2D eigenvalue weighted by Crippen LogP contribution is -2.26. The van der Waals surface area contributed by atoms with E-state index < -0.39 is 0 Å². The van der Waals surface area contributed by atoms with Crippen molar-refractivity contribution in [1.29, 1.82) is 0 Å². The first-order chi connectivity index (χ1) is 5.63. The van der Waals surface area contributed by atoms with E-state index in [0.717, 1.165) is 24.3 Å². The summed E-state index contributed by atoms with van der Waals surface area (Å²) in [7, 11) is 0. The van der Waals surface area contributed by atoms with Crippen LogP contribution >= 0.6 is 0 Å². The fourth-order valence-electron chi connectivity index (χ4n) is 1.90. The summed E-state index contributed by atoms with van der Waals surface area (Å²) in [4.78, 5) is 0. The average Bonchev–Trinajstić information content (AvgIpc) is 2.01. The first-order valence-electron chi connectivity index (χ1n) is 5.33. The molecule has 0 saturated heterocycles. The smallest absolute Gasteiger partial charge is 0.00439 e. The molecule has 0 rings (SSSR count). The van der Waals surface area contributed by atoms with E-state index >= 15 is 0 Å². The van der Waals surface area contributed by atoms with Crippen LogP contribution in [-0.2, 0) is 0 Å². The zero-order chi connectivity index (χ0) is 9.56. The molecule has 0 radical (unpaired) electrons. The van der Waals surface area contributed by atoms with Crippen molar-refractivity contribution in [1.82, 2.24) is 0 Å². The zero-order valence-corrected chi connectivity index (χ0v) is 9.14. The second kappa shape index (κ2) is 6.47. The van der Waals surface area contributed by atoms with Crippen LogP contribution in [0.5, 0.6) is 0 Å². The van der Waals surface area contributed by atoms with Crippen LogP contribution in [0.4, 0.5) is 0 Å². The molecule has 74 valence electrons. The molecule has 0 unspecified atom stereocenters. The highest BCUT2D eigenvalue weighted by atomic mass is 14.6. The first kappa shape index (κ1) is 12.0. The van der Waals surface area contributed by atoms with Crippen molar-refractivity contribution in [2.45, 2.75) is 47.0 Å². The Hall–Kier alpha value is -0.0400. The van der Waals surface area contributed by atoms with E-state index in [1.165, 1.54) is 19.3 Å². The fourth-order valence-corrected chi connectivity index (χ4v) is 1.90. The number of hydrogen-bond acceptors (Lipinski definition) is 1. The van der Waals surface area contributed by atoms with Gasteiger partial charge in [0.1, 0.15) is 0 Å². The van der Waals surface area contributed by atoms with Gasteiger partial charge in [0.2, 0.25) is 0 Å². The number of rotatable bonds is 6. The van der Waals surface area contributed by atoms with E-state index in [-0.39, 0.29) is 0 Å². The molecule has 0 amide bonds. The van der Waals surface area contributed by atoms with Crippen molar-refractivity contribution in [3.8, 4) is 0 Å². The van der Waals surface area contributed by atoms with Crippen LogP contribution in [-0.4, -0.2) is 6.54 Å². The molecule has 2 N–H and O–H groups in total. The molecule has 0 aromatic heterocycles. The molecule has 0 heterocycles. The van der Waals surface area contributed by atoms with Crippen molar-refractivity contribution >= 4 is 0 Å². The molecule has 0 aliphatic heterocycles. The van der Waals surface area contributed by atoms with Gasteiger partial charge in [0, 0.05) is 0 Å². The molecule has 12 heavy (non-hydrogen) atoms. The van der Waals surface area contributed by atoms with Crippen LogP contribution < -0.4 is 5.73 Å². The van der Waals surface area contributed by atoms with E-state index in [1.54, 1.807) is 0 Å². The molecule has 0 saturated carbocycles. The van der Waals surface area contributed by atoms with Crippen LogP contribution in [0, 0.1) is 17.8 Å². The molecule has 0 fully saturated rings. The Kier molecular flexibility index (Phi) is 6.45. The number of unbranched alkanes of at least 4 members (excludes halogenated alkanes) is 1. The lowest BCUT2D eigenvalue weighted by molar-refractivity contribution is 0.261. The van der Waals surface area contributed by atoms with Crippen molar-refractivity contribution in [3.63, 3.8) is 0 Å². The van der Waals surface area contributed by atoms with Gasteiger partial charge in [-0.05, 0) is 24.3 Å². The standard InChI is InChI=1S/C11H25N/c1-5-6-7-10(4)11(8-12)9(2)3/h9-11H,5-8,12H2,1-4H3/t10-,11-/m1/s1. The Morgan fingerprint density at radius 2 is 1.75 bits per heavy atom. The van der Waals surface area contributed by atoms with Gasteiger partial charge in [0.05, 0.1) is 0 Å². The molecule has 0 aliphatic rings. The number of nitrogens with two attached hydrogens (primary N) is 1. The number of hydrogen-bond donors (Lipinski definition) is 1. The van der Waals surface area contributed by atoms with E-state index in [2.05, 4.69) is 27.7 Å². The Balaban J connectivity index is 3.77. The topological polar surface area (TPSA) is 26.0 Å². The molecule has 0 bridgehead atoms. The molecule has 1 nitrogen and oxygen atoms in total. The first-order valence-corrected chi connectivity index (χ1v) is 5.33. The van der Waals surface area contributed by atoms with Gasteiger partial charge in [-0.1, -0.05) is 47.0 Å². The zero-order valence-electron chi connectivity index (χ0n) is 9.14. The quantitative estimate of drug-likeness (QED) is 0.653. The molecule has 0 aliphatic carbocycles. The summed E-state index contributed by atoms with van der Waals surface area (Å²) >= 11 is 0. The lowest BCUT2D eigenvalue weighted by Gasteiger charge is -2.25. The summed E-state index contributed by atoms with van der Waals surface area (Å²) in [5.74, 6) is 2.26. The Bertz CT molecular complexity index is 99.2. The third-order valence-electron chi connectivity index (χ3n) is 2.87. The molecule has 1 heteroatoms. The highest BCUT2D eigenvalue weighted by molar-refractivity contribution is 4.70. The van der Waals surface area contributed by atoms with Crippen LogP contribution in [0.25, 0.3) is 0 Å². The van der Waals surface area contributed by atoms with E-state index in [0.29, 0.717) is 0 Å². The van der Waals surface area contributed by atoms with Crippen molar-refractivity contribution in [3.05, 3.63) is 0 Å². The van der Waals surface area contributed by atoms with Gasteiger partial charge in [-0.15, -0.1) is 0 Å². The monoisotopic (exact) mass is 171 g/mol. The summed E-state index contributed by atoms with van der Waals surface area (Å²) < 4.78 is 0. The molecular weight excluding hydrogens is 146 g/mol. The maximum Gasteiger partial charge on any atom is -0.00439 e. The predicted molar refractivity (Wildman–Crippen MR) is 56.1 cm³/mol. The Morgan fingerprint density at radius 1 is 1.17 bits per heavy atom. The van der Waals surface area contributed by atoms with E-state index in [4.69, 9.17) is 5.73 Å². The largest absolute Gasteiger partial charge is 0.330 e. The minimum Gasteiger partial charge on any atom is -0.330 e. The molecule has 0 aromatic rings. The highest BCUT2D eigenvalue weighted by Gasteiger charge is 2.18. The second-order valence-corrected chi connectivity index (χ2v) is 4.26. The van der Waals surface area contributed by atoms with E-state index in [9.17, 15) is 0 Å². The summed E-state index contributed by atoms with van der Waals surface area (Å²) in [6, 6.07) is 0. The summed E-state index contributed by atoms with van der Waals surface area (Å²) in [6.07, 6.45) is 4.00. The van der Waals surface area contributed by atoms with Crippen molar-refractivity contribution in [2.75, 3.05) is 6.54 Å². The van der Waals surface area contributed by atoms with Crippen molar-refractivity contribution in [2.24, 2.45) is 23.5 Å². The molecule has 0 aromatic carbocycles. The summed E-state index contributed by atoms with van der Waals surface area (Å²) in [5.41, 5.74) is 5.75. The van der Waals surface area contributed by atoms with Gasteiger partial charge >= 0.3 is 0 Å². The van der Waals surface area contributed by atoms with Crippen LogP contribution in [0.3, 0.4) is 0 Å². The van der Waals surface area contributed by atoms with Gasteiger partial charge < -0.3 is 5.73 Å². The van der Waals surface area contributed by atoms with Gasteiger partial charge in [-0.3, -0.25) is 0 Å². The van der Waals surface area contributed by atoms with Crippen LogP contribution in [0.15, 0.2) is 0 Å². The maximum absolute atomic E-state index is 5.75. The minimum atomic E-state index is 0.719. The predicted octanol–water partition coefficient (Wildman–Crippen LogP) is 3.04. The highest BCUT2D eigenvalue weighted by Crippen LogP contribution is 2.23. The van der Waals surface area contributed by atoms with Gasteiger partial charge in [-0.25, -0.2) is 0 Å². The molecule has 2 atom stereocenters. The Morgan fingerprint density at radius 3 is 2.08 bits per heavy atom. The SMILES string of the molecule is CCCC[C@@H](C)[C@H](CN)C(C)C.